The zero-order valence-corrected chi connectivity index (χ0v) is 21.0. The average molecular weight is 506 g/mol. The summed E-state index contributed by atoms with van der Waals surface area (Å²) in [5, 5.41) is 0. The predicted molar refractivity (Wildman–Crippen MR) is 126 cm³/mol. The Morgan fingerprint density at radius 3 is 1.15 bits per heavy atom. The third-order valence-electron chi connectivity index (χ3n) is 4.86. The van der Waals surface area contributed by atoms with Gasteiger partial charge in [-0.1, -0.05) is 17.7 Å². The number of aryl methyl sites for hydroxylation is 1. The summed E-state index contributed by atoms with van der Waals surface area (Å²) in [5.74, 6) is 0. The molecular weight excluding hydrogens is 466 g/mol. The SMILES string of the molecule is Cc1ccc(S(=O)(=O)N2CCOCCOCCOCCOCCOCCOCCOCC2)cc1. The van der Waals surface area contributed by atoms with E-state index in [2.05, 4.69) is 0 Å². The van der Waals surface area contributed by atoms with Crippen molar-refractivity contribution in [2.24, 2.45) is 0 Å². The fourth-order valence-electron chi connectivity index (χ4n) is 2.97. The van der Waals surface area contributed by atoms with Crippen LogP contribution < -0.4 is 0 Å². The first kappa shape index (κ1) is 29.1. The third-order valence-corrected chi connectivity index (χ3v) is 6.77. The second-order valence-corrected chi connectivity index (χ2v) is 9.44. The minimum atomic E-state index is -3.66. The fraction of sp³-hybridized carbons (Fsp3) is 0.739. The van der Waals surface area contributed by atoms with E-state index in [1.54, 1.807) is 24.3 Å². The molecule has 1 aliphatic heterocycles. The Labute approximate surface area is 203 Å². The molecule has 34 heavy (non-hydrogen) atoms. The van der Waals surface area contributed by atoms with Gasteiger partial charge in [0.25, 0.3) is 0 Å². The molecule has 1 heterocycles. The average Bonchev–Trinajstić information content (AvgIpc) is 2.82. The van der Waals surface area contributed by atoms with Crippen LogP contribution in [-0.2, 0) is 43.2 Å². The molecule has 1 aromatic rings. The van der Waals surface area contributed by atoms with Gasteiger partial charge in [0.1, 0.15) is 0 Å². The van der Waals surface area contributed by atoms with E-state index in [4.69, 9.17) is 33.2 Å². The van der Waals surface area contributed by atoms with Crippen molar-refractivity contribution in [3.8, 4) is 0 Å². The molecule has 0 N–H and O–H groups in total. The van der Waals surface area contributed by atoms with Crippen molar-refractivity contribution >= 4 is 10.0 Å². The van der Waals surface area contributed by atoms with E-state index in [9.17, 15) is 8.42 Å². The number of ether oxygens (including phenoxy) is 7. The number of rotatable bonds is 2. The minimum absolute atomic E-state index is 0.219. The van der Waals surface area contributed by atoms with Gasteiger partial charge < -0.3 is 33.2 Å². The lowest BCUT2D eigenvalue weighted by molar-refractivity contribution is -0.0223. The Balaban J connectivity index is 1.83. The molecule has 1 aliphatic rings. The summed E-state index contributed by atoms with van der Waals surface area (Å²) in [7, 11) is -3.66. The summed E-state index contributed by atoms with van der Waals surface area (Å²) in [6.07, 6.45) is 0. The lowest BCUT2D eigenvalue weighted by atomic mass is 10.2. The van der Waals surface area contributed by atoms with E-state index < -0.39 is 10.0 Å². The van der Waals surface area contributed by atoms with Crippen molar-refractivity contribution in [1.82, 2.24) is 4.31 Å². The summed E-state index contributed by atoms with van der Waals surface area (Å²) < 4.78 is 66.1. The van der Waals surface area contributed by atoms with Gasteiger partial charge >= 0.3 is 0 Å². The van der Waals surface area contributed by atoms with Crippen LogP contribution in [0.4, 0.5) is 0 Å². The molecule has 2 rings (SSSR count). The second-order valence-electron chi connectivity index (χ2n) is 7.50. The van der Waals surface area contributed by atoms with E-state index in [-0.39, 0.29) is 31.2 Å². The highest BCUT2D eigenvalue weighted by Gasteiger charge is 2.24. The highest BCUT2D eigenvalue weighted by atomic mass is 32.2. The molecule has 0 radical (unpaired) electrons. The Kier molecular flexibility index (Phi) is 15.5. The van der Waals surface area contributed by atoms with Crippen molar-refractivity contribution in [2.75, 3.05) is 106 Å². The molecule has 0 spiro atoms. The third kappa shape index (κ3) is 12.5. The molecule has 1 aromatic carbocycles. The topological polar surface area (TPSA) is 102 Å². The molecule has 11 heteroatoms. The zero-order chi connectivity index (χ0) is 24.3. The maximum Gasteiger partial charge on any atom is 0.243 e. The molecule has 10 nitrogen and oxygen atoms in total. The number of hydrogen-bond acceptors (Lipinski definition) is 9. The Hall–Kier alpha value is -1.15. The molecule has 0 aliphatic carbocycles. The molecule has 0 amide bonds. The van der Waals surface area contributed by atoms with Gasteiger partial charge in [0.05, 0.1) is 97.4 Å². The van der Waals surface area contributed by atoms with Crippen molar-refractivity contribution in [3.63, 3.8) is 0 Å². The summed E-state index contributed by atoms with van der Waals surface area (Å²) in [6.45, 7) is 8.27. The van der Waals surface area contributed by atoms with Crippen LogP contribution in [0, 0.1) is 6.92 Å². The van der Waals surface area contributed by atoms with Crippen LogP contribution in [0.5, 0.6) is 0 Å². The molecule has 1 fully saturated rings. The van der Waals surface area contributed by atoms with Crippen LogP contribution >= 0.6 is 0 Å². The molecular formula is C23H39NO9S. The van der Waals surface area contributed by atoms with Gasteiger partial charge in [0, 0.05) is 13.1 Å². The fourth-order valence-corrected chi connectivity index (χ4v) is 4.37. The summed E-state index contributed by atoms with van der Waals surface area (Å²) in [4.78, 5) is 0.253. The molecule has 0 saturated carbocycles. The molecule has 0 unspecified atom stereocenters. The zero-order valence-electron chi connectivity index (χ0n) is 20.2. The Morgan fingerprint density at radius 2 is 0.824 bits per heavy atom. The van der Waals surface area contributed by atoms with Crippen LogP contribution in [0.1, 0.15) is 5.56 Å². The largest absolute Gasteiger partial charge is 0.378 e. The maximum atomic E-state index is 13.1. The van der Waals surface area contributed by atoms with Crippen molar-refractivity contribution in [3.05, 3.63) is 29.8 Å². The highest BCUT2D eigenvalue weighted by Crippen LogP contribution is 2.16. The second kappa shape index (κ2) is 18.2. The number of benzene rings is 1. The summed E-state index contributed by atoms with van der Waals surface area (Å²) >= 11 is 0. The van der Waals surface area contributed by atoms with Gasteiger partial charge in [-0.15, -0.1) is 0 Å². The van der Waals surface area contributed by atoms with Gasteiger partial charge in [-0.05, 0) is 19.1 Å². The normalized spacial score (nSPS) is 21.4. The standard InChI is InChI=1S/C23H39NO9S/c1-22-2-4-23(5-3-22)34(25,26)24-6-8-27-10-12-29-14-16-31-18-20-33-21-19-32-17-15-30-13-11-28-9-7-24/h2-5H,6-21H2,1H3. The first-order chi connectivity index (χ1) is 16.6. The molecule has 0 bridgehead atoms. The first-order valence-corrected chi connectivity index (χ1v) is 13.2. The predicted octanol–water partition coefficient (Wildman–Crippen LogP) is 1.12. The number of nitrogens with zero attached hydrogens (tertiary/aromatic N) is 1. The van der Waals surface area contributed by atoms with E-state index in [1.165, 1.54) is 4.31 Å². The summed E-state index contributed by atoms with van der Waals surface area (Å²) in [5.41, 5.74) is 0.999. The van der Waals surface area contributed by atoms with Gasteiger partial charge in [0.15, 0.2) is 0 Å². The van der Waals surface area contributed by atoms with Crippen LogP contribution in [0.25, 0.3) is 0 Å². The summed E-state index contributed by atoms with van der Waals surface area (Å²) in [6, 6.07) is 6.82. The van der Waals surface area contributed by atoms with E-state index in [0.717, 1.165) is 5.56 Å². The minimum Gasteiger partial charge on any atom is -0.378 e. The van der Waals surface area contributed by atoms with Crippen LogP contribution in [0.3, 0.4) is 0 Å². The van der Waals surface area contributed by atoms with Gasteiger partial charge in [-0.3, -0.25) is 0 Å². The first-order valence-electron chi connectivity index (χ1n) is 11.7. The van der Waals surface area contributed by atoms with Crippen LogP contribution in [0.2, 0.25) is 0 Å². The van der Waals surface area contributed by atoms with Gasteiger partial charge in [0.2, 0.25) is 10.0 Å². The number of sulfonamides is 1. The monoisotopic (exact) mass is 505 g/mol. The quantitative estimate of drug-likeness (QED) is 0.585. The highest BCUT2D eigenvalue weighted by molar-refractivity contribution is 7.89. The van der Waals surface area contributed by atoms with Gasteiger partial charge in [-0.2, -0.15) is 4.31 Å². The Bertz CT molecular complexity index is 706. The smallest absolute Gasteiger partial charge is 0.243 e. The number of hydrogen-bond donors (Lipinski definition) is 0. The maximum absolute atomic E-state index is 13.1. The van der Waals surface area contributed by atoms with E-state index >= 15 is 0 Å². The van der Waals surface area contributed by atoms with E-state index in [1.807, 2.05) is 6.92 Å². The van der Waals surface area contributed by atoms with E-state index in [0.29, 0.717) is 79.3 Å². The molecule has 0 aromatic heterocycles. The molecule has 196 valence electrons. The molecule has 1 saturated heterocycles. The lowest BCUT2D eigenvalue weighted by Gasteiger charge is -2.22. The Morgan fingerprint density at radius 1 is 0.529 bits per heavy atom. The lowest BCUT2D eigenvalue weighted by Crippen LogP contribution is -2.37. The molecule has 0 atom stereocenters. The van der Waals surface area contributed by atoms with Gasteiger partial charge in [-0.25, -0.2) is 8.42 Å². The van der Waals surface area contributed by atoms with Crippen LogP contribution in [0.15, 0.2) is 29.2 Å². The van der Waals surface area contributed by atoms with Crippen molar-refractivity contribution in [1.29, 1.82) is 0 Å². The van der Waals surface area contributed by atoms with Crippen LogP contribution in [-0.4, -0.2) is 118 Å². The van der Waals surface area contributed by atoms with Crippen molar-refractivity contribution < 1.29 is 41.6 Å². The van der Waals surface area contributed by atoms with Crippen molar-refractivity contribution in [2.45, 2.75) is 11.8 Å².